The summed E-state index contributed by atoms with van der Waals surface area (Å²) in [5, 5.41) is 0. The highest BCUT2D eigenvalue weighted by molar-refractivity contribution is 7.98. The molecule has 0 radical (unpaired) electrons. The van der Waals surface area contributed by atoms with E-state index in [0.29, 0.717) is 0 Å². The molecule has 112 valence electrons. The maximum absolute atomic E-state index is 12.2. The van der Waals surface area contributed by atoms with Crippen molar-refractivity contribution < 1.29 is 13.2 Å². The number of sulfonamides is 1. The molecule has 2 aromatic carbocycles. The van der Waals surface area contributed by atoms with Crippen molar-refractivity contribution in [2.45, 2.75) is 16.3 Å². The lowest BCUT2D eigenvalue weighted by atomic mass is 10.2. The van der Waals surface area contributed by atoms with Crippen LogP contribution < -0.4 is 9.46 Å². The number of thioether (sulfide) groups is 1. The van der Waals surface area contributed by atoms with Crippen molar-refractivity contribution in [3.8, 4) is 5.75 Å². The minimum Gasteiger partial charge on any atom is -0.497 e. The number of nitrogens with one attached hydrogen (secondary N) is 1. The Morgan fingerprint density at radius 2 is 1.67 bits per heavy atom. The van der Waals surface area contributed by atoms with Gasteiger partial charge in [0.2, 0.25) is 10.0 Å². The number of rotatable bonds is 6. The van der Waals surface area contributed by atoms with Crippen LogP contribution in [-0.2, 0) is 16.6 Å². The Morgan fingerprint density at radius 3 is 2.19 bits per heavy atom. The summed E-state index contributed by atoms with van der Waals surface area (Å²) in [7, 11) is -1.90. The highest BCUT2D eigenvalue weighted by atomic mass is 32.2. The molecule has 2 rings (SSSR count). The van der Waals surface area contributed by atoms with Crippen molar-refractivity contribution in [2.24, 2.45) is 0 Å². The summed E-state index contributed by atoms with van der Waals surface area (Å²) in [6, 6.07) is 14.1. The third kappa shape index (κ3) is 4.23. The molecule has 0 bridgehead atoms. The van der Waals surface area contributed by atoms with Crippen LogP contribution in [0.1, 0.15) is 5.56 Å². The van der Waals surface area contributed by atoms with Crippen molar-refractivity contribution in [3.63, 3.8) is 0 Å². The van der Waals surface area contributed by atoms with Gasteiger partial charge < -0.3 is 4.74 Å². The number of ether oxygens (including phenoxy) is 1. The summed E-state index contributed by atoms with van der Waals surface area (Å²) in [5.41, 5.74) is 0.875. The normalized spacial score (nSPS) is 11.3. The molecule has 0 aromatic heterocycles. The van der Waals surface area contributed by atoms with E-state index in [-0.39, 0.29) is 11.4 Å². The van der Waals surface area contributed by atoms with E-state index >= 15 is 0 Å². The van der Waals surface area contributed by atoms with Crippen molar-refractivity contribution in [1.29, 1.82) is 0 Å². The van der Waals surface area contributed by atoms with Crippen LogP contribution in [0.4, 0.5) is 0 Å². The van der Waals surface area contributed by atoms with E-state index in [0.717, 1.165) is 16.2 Å². The van der Waals surface area contributed by atoms with Gasteiger partial charge in [-0.25, -0.2) is 13.1 Å². The van der Waals surface area contributed by atoms with E-state index in [2.05, 4.69) is 4.72 Å². The average Bonchev–Trinajstić information content (AvgIpc) is 2.53. The molecule has 0 amide bonds. The lowest BCUT2D eigenvalue weighted by Crippen LogP contribution is -2.23. The molecule has 0 aliphatic heterocycles. The van der Waals surface area contributed by atoms with Gasteiger partial charge in [-0.3, -0.25) is 0 Å². The Kier molecular flexibility index (Phi) is 5.27. The summed E-state index contributed by atoms with van der Waals surface area (Å²) >= 11 is 1.57. The lowest BCUT2D eigenvalue weighted by molar-refractivity contribution is 0.414. The van der Waals surface area contributed by atoms with Crippen LogP contribution in [0, 0.1) is 0 Å². The number of hydrogen-bond acceptors (Lipinski definition) is 4. The predicted molar refractivity (Wildman–Crippen MR) is 85.2 cm³/mol. The van der Waals surface area contributed by atoms with Crippen LogP contribution in [0.25, 0.3) is 0 Å². The van der Waals surface area contributed by atoms with E-state index in [1.165, 1.54) is 0 Å². The molecule has 0 aliphatic rings. The molecule has 0 fully saturated rings. The van der Waals surface area contributed by atoms with Crippen molar-refractivity contribution in [1.82, 2.24) is 4.72 Å². The molecule has 0 saturated heterocycles. The van der Waals surface area contributed by atoms with E-state index < -0.39 is 10.0 Å². The monoisotopic (exact) mass is 323 g/mol. The van der Waals surface area contributed by atoms with Gasteiger partial charge >= 0.3 is 0 Å². The van der Waals surface area contributed by atoms with E-state index in [1.807, 2.05) is 18.4 Å². The zero-order valence-corrected chi connectivity index (χ0v) is 13.5. The molecule has 21 heavy (non-hydrogen) atoms. The molecule has 0 saturated carbocycles. The fourth-order valence-corrected chi connectivity index (χ4v) is 3.19. The second-order valence-corrected chi connectivity index (χ2v) is 6.99. The van der Waals surface area contributed by atoms with E-state index in [4.69, 9.17) is 4.74 Å². The van der Waals surface area contributed by atoms with Gasteiger partial charge in [-0.05, 0) is 48.2 Å². The molecular formula is C15H17NO3S2. The molecule has 6 heteroatoms. The van der Waals surface area contributed by atoms with E-state index in [9.17, 15) is 8.42 Å². The zero-order valence-electron chi connectivity index (χ0n) is 11.9. The minimum atomic E-state index is -3.49. The van der Waals surface area contributed by atoms with Crippen LogP contribution in [0.5, 0.6) is 5.75 Å². The first-order chi connectivity index (χ1) is 10.0. The van der Waals surface area contributed by atoms with Crippen LogP contribution in [-0.4, -0.2) is 21.8 Å². The zero-order chi connectivity index (χ0) is 15.3. The minimum absolute atomic E-state index is 0.247. The van der Waals surface area contributed by atoms with Gasteiger partial charge in [0.05, 0.1) is 12.0 Å². The highest BCUT2D eigenvalue weighted by Crippen LogP contribution is 2.18. The lowest BCUT2D eigenvalue weighted by Gasteiger charge is -2.08. The van der Waals surface area contributed by atoms with Gasteiger partial charge in [0.15, 0.2) is 0 Å². The van der Waals surface area contributed by atoms with Crippen LogP contribution in [0.3, 0.4) is 0 Å². The number of benzene rings is 2. The standard InChI is InChI=1S/C15H17NO3S2/c1-19-13-5-3-12(4-6-13)11-16-21(17,18)15-9-7-14(20-2)8-10-15/h3-10,16H,11H2,1-2H3. The van der Waals surface area contributed by atoms with Crippen molar-refractivity contribution in [2.75, 3.05) is 13.4 Å². The molecule has 0 aliphatic carbocycles. The van der Waals surface area contributed by atoms with Gasteiger partial charge in [0, 0.05) is 11.4 Å². The first kappa shape index (κ1) is 15.9. The third-order valence-corrected chi connectivity index (χ3v) is 5.16. The Bertz CT molecular complexity index is 680. The third-order valence-electron chi connectivity index (χ3n) is 3.00. The maximum atomic E-state index is 12.2. The molecule has 0 spiro atoms. The number of methoxy groups -OCH3 is 1. The van der Waals surface area contributed by atoms with Crippen molar-refractivity contribution >= 4 is 21.8 Å². The smallest absolute Gasteiger partial charge is 0.240 e. The SMILES string of the molecule is COc1ccc(CNS(=O)(=O)c2ccc(SC)cc2)cc1. The largest absolute Gasteiger partial charge is 0.497 e. The molecule has 1 N–H and O–H groups in total. The number of hydrogen-bond donors (Lipinski definition) is 1. The topological polar surface area (TPSA) is 55.4 Å². The predicted octanol–water partition coefficient (Wildman–Crippen LogP) is 2.90. The summed E-state index contributed by atoms with van der Waals surface area (Å²) in [6.07, 6.45) is 1.95. The second-order valence-electron chi connectivity index (χ2n) is 4.35. The van der Waals surface area contributed by atoms with Crippen LogP contribution in [0.15, 0.2) is 58.3 Å². The quantitative estimate of drug-likeness (QED) is 0.831. The molecule has 2 aromatic rings. The molecule has 4 nitrogen and oxygen atoms in total. The first-order valence-corrected chi connectivity index (χ1v) is 9.02. The second kappa shape index (κ2) is 6.98. The summed E-state index contributed by atoms with van der Waals surface area (Å²) in [6.45, 7) is 0.247. The van der Waals surface area contributed by atoms with Crippen molar-refractivity contribution in [3.05, 3.63) is 54.1 Å². The fraction of sp³-hybridized carbons (Fsp3) is 0.200. The first-order valence-electron chi connectivity index (χ1n) is 6.32. The van der Waals surface area contributed by atoms with Gasteiger partial charge in [-0.1, -0.05) is 12.1 Å². The average molecular weight is 323 g/mol. The Labute approximate surface area is 129 Å². The fourth-order valence-electron chi connectivity index (χ4n) is 1.76. The van der Waals surface area contributed by atoms with Gasteiger partial charge in [0.1, 0.15) is 5.75 Å². The molecule has 0 atom stereocenters. The Morgan fingerprint density at radius 1 is 1.05 bits per heavy atom. The summed E-state index contributed by atoms with van der Waals surface area (Å²) < 4.78 is 32.0. The van der Waals surface area contributed by atoms with Gasteiger partial charge in [0.25, 0.3) is 0 Å². The van der Waals surface area contributed by atoms with Gasteiger partial charge in [-0.2, -0.15) is 0 Å². The Balaban J connectivity index is 2.05. The highest BCUT2D eigenvalue weighted by Gasteiger charge is 2.13. The summed E-state index contributed by atoms with van der Waals surface area (Å²) in [5.74, 6) is 0.745. The van der Waals surface area contributed by atoms with E-state index in [1.54, 1.807) is 55.3 Å². The summed E-state index contributed by atoms with van der Waals surface area (Å²) in [4.78, 5) is 1.30. The molecule has 0 heterocycles. The van der Waals surface area contributed by atoms with Gasteiger partial charge in [-0.15, -0.1) is 11.8 Å². The van der Waals surface area contributed by atoms with Crippen LogP contribution >= 0.6 is 11.8 Å². The van der Waals surface area contributed by atoms with Crippen LogP contribution in [0.2, 0.25) is 0 Å². The molecule has 0 unspecified atom stereocenters. The molecular weight excluding hydrogens is 306 g/mol. The maximum Gasteiger partial charge on any atom is 0.240 e. The Hall–Kier alpha value is -1.50.